The Balaban J connectivity index is 1.59. The molecule has 208 valence electrons. The summed E-state index contributed by atoms with van der Waals surface area (Å²) in [6.07, 6.45) is 2.98. The molecule has 1 aromatic carbocycles. The molecule has 3 aliphatic heterocycles. The number of amides is 3. The molecule has 0 aliphatic carbocycles. The highest BCUT2D eigenvalue weighted by molar-refractivity contribution is 5.89. The number of cyclic esters (lactones) is 1. The third-order valence-electron chi connectivity index (χ3n) is 7.87. The second-order valence-corrected chi connectivity index (χ2v) is 12.7. The monoisotopic (exact) mass is 527 g/mol. The van der Waals surface area contributed by atoms with E-state index in [1.807, 2.05) is 26.8 Å². The molecular formula is C29H41N3O6. The number of aldehydes is 1. The van der Waals surface area contributed by atoms with Crippen LogP contribution in [0.1, 0.15) is 77.0 Å². The minimum Gasteiger partial charge on any atom is -0.449 e. The maximum Gasteiger partial charge on any atom is 0.410 e. The summed E-state index contributed by atoms with van der Waals surface area (Å²) < 4.78 is 11.4. The molecule has 9 nitrogen and oxygen atoms in total. The van der Waals surface area contributed by atoms with Gasteiger partial charge in [0.1, 0.15) is 18.4 Å². The van der Waals surface area contributed by atoms with Crippen molar-refractivity contribution in [3.05, 3.63) is 34.9 Å². The van der Waals surface area contributed by atoms with Crippen molar-refractivity contribution in [2.45, 2.75) is 98.0 Å². The first-order valence-electron chi connectivity index (χ1n) is 13.6. The molecule has 9 heteroatoms. The Kier molecular flexibility index (Phi) is 8.04. The summed E-state index contributed by atoms with van der Waals surface area (Å²) in [5, 5.41) is 2.75. The van der Waals surface area contributed by atoms with Crippen LogP contribution in [0.4, 0.5) is 9.59 Å². The van der Waals surface area contributed by atoms with E-state index in [1.165, 1.54) is 16.0 Å². The van der Waals surface area contributed by atoms with Gasteiger partial charge in [-0.1, -0.05) is 59.2 Å². The Labute approximate surface area is 225 Å². The number of nitrogens with zero attached hydrogens (tertiary/aromatic N) is 2. The summed E-state index contributed by atoms with van der Waals surface area (Å²) in [4.78, 5) is 54.5. The van der Waals surface area contributed by atoms with Crippen LogP contribution in [0.15, 0.2) is 18.2 Å². The van der Waals surface area contributed by atoms with Crippen LogP contribution in [0.5, 0.6) is 0 Å². The van der Waals surface area contributed by atoms with Gasteiger partial charge in [0, 0.05) is 19.5 Å². The lowest BCUT2D eigenvalue weighted by molar-refractivity contribution is -0.139. The van der Waals surface area contributed by atoms with Crippen LogP contribution in [0.3, 0.4) is 0 Å². The van der Waals surface area contributed by atoms with Gasteiger partial charge >= 0.3 is 12.2 Å². The summed E-state index contributed by atoms with van der Waals surface area (Å²) in [6.45, 7) is 11.0. The number of carbonyl (C=O) groups excluding carboxylic acids is 4. The number of hydrogen-bond donors (Lipinski definition) is 1. The van der Waals surface area contributed by atoms with Crippen molar-refractivity contribution < 1.29 is 28.7 Å². The largest absolute Gasteiger partial charge is 0.449 e. The van der Waals surface area contributed by atoms with Gasteiger partial charge in [-0.3, -0.25) is 9.69 Å². The van der Waals surface area contributed by atoms with Gasteiger partial charge in [-0.25, -0.2) is 9.59 Å². The van der Waals surface area contributed by atoms with Crippen LogP contribution in [0, 0.1) is 10.8 Å². The van der Waals surface area contributed by atoms with E-state index in [4.69, 9.17) is 9.47 Å². The number of carbonyl (C=O) groups is 4. The minimum atomic E-state index is -0.910. The zero-order valence-corrected chi connectivity index (χ0v) is 23.2. The van der Waals surface area contributed by atoms with E-state index in [9.17, 15) is 19.2 Å². The van der Waals surface area contributed by atoms with Crippen molar-refractivity contribution >= 4 is 24.4 Å². The number of ether oxygens (including phenoxy) is 2. The summed E-state index contributed by atoms with van der Waals surface area (Å²) in [7, 11) is 0. The van der Waals surface area contributed by atoms with Gasteiger partial charge < -0.3 is 24.5 Å². The maximum absolute atomic E-state index is 13.6. The molecule has 4 rings (SSSR count). The van der Waals surface area contributed by atoms with Gasteiger partial charge in [0.2, 0.25) is 5.91 Å². The molecule has 1 unspecified atom stereocenters. The molecular weight excluding hydrogens is 486 g/mol. The van der Waals surface area contributed by atoms with Gasteiger partial charge in [-0.15, -0.1) is 0 Å². The molecule has 3 amide bonds. The van der Waals surface area contributed by atoms with Crippen molar-refractivity contribution in [1.29, 1.82) is 0 Å². The third kappa shape index (κ3) is 6.30. The highest BCUT2D eigenvalue weighted by Crippen LogP contribution is 2.31. The zero-order chi connectivity index (χ0) is 27.7. The van der Waals surface area contributed by atoms with Crippen LogP contribution < -0.4 is 5.32 Å². The first-order chi connectivity index (χ1) is 17.9. The zero-order valence-electron chi connectivity index (χ0n) is 23.2. The Morgan fingerprint density at radius 1 is 1.08 bits per heavy atom. The van der Waals surface area contributed by atoms with Gasteiger partial charge in [0.25, 0.3) is 0 Å². The van der Waals surface area contributed by atoms with E-state index in [0.717, 1.165) is 31.2 Å². The summed E-state index contributed by atoms with van der Waals surface area (Å²) >= 11 is 0. The second kappa shape index (κ2) is 10.9. The molecule has 0 saturated carbocycles. The fourth-order valence-corrected chi connectivity index (χ4v) is 5.59. The summed E-state index contributed by atoms with van der Waals surface area (Å²) in [5.74, 6) is -0.392. The molecule has 0 radical (unpaired) electrons. The highest BCUT2D eigenvalue weighted by atomic mass is 16.6. The van der Waals surface area contributed by atoms with Crippen LogP contribution in [0.2, 0.25) is 0 Å². The number of nitrogens with one attached hydrogen (secondary N) is 1. The predicted molar refractivity (Wildman–Crippen MR) is 141 cm³/mol. The van der Waals surface area contributed by atoms with Crippen LogP contribution in [-0.4, -0.2) is 65.5 Å². The number of fused-ring (bicyclic) bond motifs is 3. The molecule has 0 aromatic heterocycles. The quantitative estimate of drug-likeness (QED) is 0.549. The number of alkyl carbamates (subject to hydrolysis) is 1. The Bertz CT molecular complexity index is 1080. The Morgan fingerprint density at radius 2 is 1.82 bits per heavy atom. The minimum absolute atomic E-state index is 0.0936. The third-order valence-corrected chi connectivity index (χ3v) is 7.87. The molecule has 0 spiro atoms. The van der Waals surface area contributed by atoms with E-state index in [-0.39, 0.29) is 25.0 Å². The van der Waals surface area contributed by atoms with Crippen molar-refractivity contribution in [3.8, 4) is 0 Å². The van der Waals surface area contributed by atoms with Crippen molar-refractivity contribution in [1.82, 2.24) is 15.1 Å². The van der Waals surface area contributed by atoms with E-state index < -0.39 is 41.7 Å². The van der Waals surface area contributed by atoms with Gasteiger partial charge in [0.15, 0.2) is 0 Å². The number of benzene rings is 1. The highest BCUT2D eigenvalue weighted by Gasteiger charge is 2.44. The molecule has 1 N–H and O–H groups in total. The molecule has 38 heavy (non-hydrogen) atoms. The molecule has 3 aliphatic rings. The smallest absolute Gasteiger partial charge is 0.410 e. The van der Waals surface area contributed by atoms with Crippen molar-refractivity contribution in [3.63, 3.8) is 0 Å². The Morgan fingerprint density at radius 3 is 2.53 bits per heavy atom. The lowest BCUT2D eigenvalue weighted by Gasteiger charge is -2.34. The topological polar surface area (TPSA) is 105 Å². The average molecular weight is 528 g/mol. The van der Waals surface area contributed by atoms with E-state index in [2.05, 4.69) is 31.3 Å². The molecule has 4 bridgehead atoms. The number of aryl methyl sites for hydroxylation is 1. The van der Waals surface area contributed by atoms with Gasteiger partial charge in [0.05, 0.1) is 19.2 Å². The van der Waals surface area contributed by atoms with Crippen LogP contribution >= 0.6 is 0 Å². The summed E-state index contributed by atoms with van der Waals surface area (Å²) in [6, 6.07) is 4.57. The average Bonchev–Trinajstić information content (AvgIpc) is 3.47. The first kappa shape index (κ1) is 27.9. The summed E-state index contributed by atoms with van der Waals surface area (Å²) in [5.41, 5.74) is 2.70. The van der Waals surface area contributed by atoms with Gasteiger partial charge in [-0.05, 0) is 46.8 Å². The molecule has 1 fully saturated rings. The lowest BCUT2D eigenvalue weighted by atomic mass is 9.85. The fourth-order valence-electron chi connectivity index (χ4n) is 5.59. The van der Waals surface area contributed by atoms with E-state index >= 15 is 0 Å². The lowest BCUT2D eigenvalue weighted by Crippen LogP contribution is -2.56. The van der Waals surface area contributed by atoms with Crippen molar-refractivity contribution in [2.75, 3.05) is 13.2 Å². The van der Waals surface area contributed by atoms with E-state index in [0.29, 0.717) is 19.4 Å². The van der Waals surface area contributed by atoms with Crippen LogP contribution in [-0.2, 0) is 38.6 Å². The SMILES string of the molecule is CC1(C)CCCCc2cccc3c2CN(C3)C(=O)O[C@@H]2C[C@@H](C=O)N(C2)C(=O)C(C(C)(C)C)NC(=O)OC1. The molecule has 1 saturated heterocycles. The number of rotatable bonds is 1. The molecule has 1 aromatic rings. The van der Waals surface area contributed by atoms with Crippen LogP contribution in [0.25, 0.3) is 0 Å². The maximum atomic E-state index is 13.6. The van der Waals surface area contributed by atoms with E-state index in [1.54, 1.807) is 4.90 Å². The molecule has 3 atom stereocenters. The standard InChI is InChI=1S/C29H41N3O6/c1-28(2,3)24-25(34)32-15-22(13-21(32)17-33)38-27(36)31-14-20-11-8-10-19(23(20)16-31)9-6-7-12-29(4,5)18-37-26(35)30-24/h8,10-11,17,21-22,24H,6-7,9,12-16,18H2,1-5H3,(H,30,35)/t21-,22+,24?/m0/s1. The molecule has 3 heterocycles. The predicted octanol–water partition coefficient (Wildman–Crippen LogP) is 4.20. The fraction of sp³-hybridized carbons (Fsp3) is 0.655. The number of hydrogen-bond acceptors (Lipinski definition) is 6. The van der Waals surface area contributed by atoms with Gasteiger partial charge in [-0.2, -0.15) is 0 Å². The normalized spacial score (nSPS) is 26.9. The second-order valence-electron chi connectivity index (χ2n) is 12.7. The van der Waals surface area contributed by atoms with Crippen molar-refractivity contribution in [2.24, 2.45) is 10.8 Å². The first-order valence-corrected chi connectivity index (χ1v) is 13.6. The Hall–Kier alpha value is -3.10.